The van der Waals surface area contributed by atoms with Crippen LogP contribution in [0.2, 0.25) is 5.02 Å². The van der Waals surface area contributed by atoms with Gasteiger partial charge in [-0.3, -0.25) is 4.79 Å². The summed E-state index contributed by atoms with van der Waals surface area (Å²) in [7, 11) is 0. The van der Waals surface area contributed by atoms with Crippen molar-refractivity contribution in [2.75, 3.05) is 23.8 Å². The fourth-order valence-corrected chi connectivity index (χ4v) is 4.74. The first-order valence-corrected chi connectivity index (χ1v) is 13.9. The number of amides is 1. The summed E-state index contributed by atoms with van der Waals surface area (Å²) in [5.74, 6) is -1.38. The Balaban J connectivity index is 1.21. The van der Waals surface area contributed by atoms with Gasteiger partial charge in [0.2, 0.25) is 11.8 Å². The number of carboxylic acids is 1. The fraction of sp³-hybridized carbons (Fsp3) is 0.219. The fourth-order valence-electron chi connectivity index (χ4n) is 4.58. The third-order valence-corrected chi connectivity index (χ3v) is 7.05. The molecule has 1 fully saturated rings. The molecule has 10 heteroatoms. The van der Waals surface area contributed by atoms with E-state index < -0.39 is 11.8 Å². The second-order valence-electron chi connectivity index (χ2n) is 9.89. The van der Waals surface area contributed by atoms with Gasteiger partial charge in [-0.2, -0.15) is 0 Å². The van der Waals surface area contributed by atoms with E-state index in [2.05, 4.69) is 15.6 Å². The van der Waals surface area contributed by atoms with Crippen LogP contribution in [0.1, 0.15) is 34.3 Å². The summed E-state index contributed by atoms with van der Waals surface area (Å²) < 4.78 is 25.4. The zero-order valence-corrected chi connectivity index (χ0v) is 23.4. The minimum absolute atomic E-state index is 0.0120. The van der Waals surface area contributed by atoms with Crippen LogP contribution in [0.4, 0.5) is 15.8 Å². The summed E-state index contributed by atoms with van der Waals surface area (Å²) in [6.45, 7) is 1.24. The van der Waals surface area contributed by atoms with Crippen LogP contribution in [-0.4, -0.2) is 41.2 Å². The van der Waals surface area contributed by atoms with E-state index in [0.29, 0.717) is 46.7 Å². The van der Waals surface area contributed by atoms with Gasteiger partial charge in [-0.1, -0.05) is 48.0 Å². The number of anilines is 2. The highest BCUT2D eigenvalue weighted by Crippen LogP contribution is 2.26. The third kappa shape index (κ3) is 7.63. The van der Waals surface area contributed by atoms with E-state index >= 15 is 0 Å². The number of nitrogens with one attached hydrogen (secondary N) is 2. The second kappa shape index (κ2) is 13.5. The maximum absolute atomic E-state index is 14.1. The Hall–Kier alpha value is -4.47. The zero-order valence-electron chi connectivity index (χ0n) is 22.6. The highest BCUT2D eigenvalue weighted by atomic mass is 35.5. The quantitative estimate of drug-likeness (QED) is 0.181. The van der Waals surface area contributed by atoms with Gasteiger partial charge in [0.25, 0.3) is 0 Å². The van der Waals surface area contributed by atoms with Gasteiger partial charge in [0.15, 0.2) is 0 Å². The number of ether oxygens (including phenoxy) is 2. The van der Waals surface area contributed by atoms with Gasteiger partial charge in [0, 0.05) is 35.4 Å². The number of nitrogens with zero attached hydrogens (tertiary/aromatic N) is 1. The normalized spacial score (nSPS) is 14.4. The molecule has 3 N–H and O–H groups in total. The molecule has 5 rings (SSSR count). The number of aromatic carboxylic acids is 1. The number of benzene rings is 3. The van der Waals surface area contributed by atoms with Crippen LogP contribution in [0.25, 0.3) is 11.3 Å². The van der Waals surface area contributed by atoms with Crippen molar-refractivity contribution in [1.82, 2.24) is 4.98 Å². The van der Waals surface area contributed by atoms with Crippen molar-refractivity contribution in [2.24, 2.45) is 0 Å². The molecule has 0 spiro atoms. The van der Waals surface area contributed by atoms with E-state index in [1.807, 2.05) is 30.3 Å². The van der Waals surface area contributed by atoms with Crippen molar-refractivity contribution in [3.8, 4) is 17.1 Å². The maximum Gasteiger partial charge on any atom is 0.335 e. The lowest BCUT2D eigenvalue weighted by atomic mass is 10.1. The first kappa shape index (κ1) is 29.0. The molecule has 0 bridgehead atoms. The van der Waals surface area contributed by atoms with Gasteiger partial charge < -0.3 is 25.2 Å². The monoisotopic (exact) mass is 589 g/mol. The average molecular weight is 590 g/mol. The van der Waals surface area contributed by atoms with Crippen LogP contribution >= 0.6 is 11.6 Å². The highest BCUT2D eigenvalue weighted by Gasteiger charge is 2.17. The van der Waals surface area contributed by atoms with Gasteiger partial charge in [0.1, 0.15) is 12.4 Å². The van der Waals surface area contributed by atoms with Crippen molar-refractivity contribution in [3.63, 3.8) is 0 Å². The van der Waals surface area contributed by atoms with Crippen molar-refractivity contribution >= 4 is 34.9 Å². The molecule has 42 heavy (non-hydrogen) atoms. The van der Waals surface area contributed by atoms with Gasteiger partial charge in [-0.05, 0) is 54.8 Å². The molecule has 0 aliphatic carbocycles. The smallest absolute Gasteiger partial charge is 0.335 e. The minimum atomic E-state index is -1.05. The number of halogens is 2. The topological polar surface area (TPSA) is 110 Å². The van der Waals surface area contributed by atoms with Crippen LogP contribution in [-0.2, 0) is 22.6 Å². The van der Waals surface area contributed by atoms with Gasteiger partial charge in [-0.15, -0.1) is 0 Å². The molecule has 2 heterocycles. The van der Waals surface area contributed by atoms with E-state index in [-0.39, 0.29) is 30.6 Å². The second-order valence-corrected chi connectivity index (χ2v) is 10.3. The van der Waals surface area contributed by atoms with Gasteiger partial charge in [-0.25, -0.2) is 14.2 Å². The number of hydrogen-bond acceptors (Lipinski definition) is 6. The largest absolute Gasteiger partial charge is 0.478 e. The maximum atomic E-state index is 14.1. The van der Waals surface area contributed by atoms with E-state index in [9.17, 15) is 19.1 Å². The molecule has 1 aromatic heterocycles. The van der Waals surface area contributed by atoms with Gasteiger partial charge >= 0.3 is 5.97 Å². The van der Waals surface area contributed by atoms with Crippen molar-refractivity contribution in [3.05, 3.63) is 106 Å². The van der Waals surface area contributed by atoms with E-state index in [4.69, 9.17) is 21.1 Å². The summed E-state index contributed by atoms with van der Waals surface area (Å²) >= 11 is 5.81. The summed E-state index contributed by atoms with van der Waals surface area (Å²) in [5, 5.41) is 15.8. The number of aromatic nitrogens is 1. The Morgan fingerprint density at radius 1 is 1.05 bits per heavy atom. The van der Waals surface area contributed by atoms with E-state index in [1.54, 1.807) is 30.3 Å². The summed E-state index contributed by atoms with van der Waals surface area (Å²) in [6, 6.07) is 21.7. The summed E-state index contributed by atoms with van der Waals surface area (Å²) in [5.41, 5.74) is 3.81. The van der Waals surface area contributed by atoms with Gasteiger partial charge in [0.05, 0.1) is 35.2 Å². The molecule has 1 amide bonds. The molecule has 1 aliphatic heterocycles. The Morgan fingerprint density at radius 2 is 1.88 bits per heavy atom. The van der Waals surface area contributed by atoms with Crippen LogP contribution in [0.15, 0.2) is 78.9 Å². The third-order valence-electron chi connectivity index (χ3n) is 6.81. The molecule has 1 atom stereocenters. The predicted octanol–water partition coefficient (Wildman–Crippen LogP) is 6.59. The standard InChI is InChI=1S/C32H29ClFN3O5/c33-24-12-10-23(26(34)17-24)19-42-31-5-1-4-27(37-31)21-8-6-20(7-9-21)15-30(38)36-28-13-11-22(32(39)40)16-29(28)35-18-25-3-2-14-41-25/h1,4-13,16-17,25,35H,2-3,14-15,18-19H2,(H,36,38)(H,39,40)/t25-/m0/s1. The molecule has 4 aromatic rings. The SMILES string of the molecule is O=C(Cc1ccc(-c2cccc(OCc3ccc(Cl)cc3F)n2)cc1)Nc1ccc(C(=O)O)cc1NC[C@@H]1CCCO1. The molecule has 1 saturated heterocycles. The van der Waals surface area contributed by atoms with Crippen LogP contribution < -0.4 is 15.4 Å². The number of carboxylic acid groups (broad SMARTS) is 1. The number of carbonyl (C=O) groups is 2. The zero-order chi connectivity index (χ0) is 29.5. The van der Waals surface area contributed by atoms with Crippen molar-refractivity contribution in [1.29, 1.82) is 0 Å². The Labute approximate surface area is 247 Å². The molecule has 0 saturated carbocycles. The molecular weight excluding hydrogens is 561 g/mol. The van der Waals surface area contributed by atoms with Crippen LogP contribution in [0, 0.1) is 5.82 Å². The number of rotatable bonds is 11. The molecule has 1 aliphatic rings. The summed E-state index contributed by atoms with van der Waals surface area (Å²) in [6.07, 6.45) is 2.09. The lowest BCUT2D eigenvalue weighted by Gasteiger charge is -2.16. The molecular formula is C32H29ClFN3O5. The van der Waals surface area contributed by atoms with E-state index in [1.165, 1.54) is 18.2 Å². The van der Waals surface area contributed by atoms with Crippen molar-refractivity contribution in [2.45, 2.75) is 32.0 Å². The Bertz CT molecular complexity index is 1580. The highest BCUT2D eigenvalue weighted by molar-refractivity contribution is 6.30. The van der Waals surface area contributed by atoms with Crippen molar-refractivity contribution < 1.29 is 28.6 Å². The first-order valence-electron chi connectivity index (χ1n) is 13.5. The molecule has 0 unspecified atom stereocenters. The molecule has 0 radical (unpaired) electrons. The lowest BCUT2D eigenvalue weighted by Crippen LogP contribution is -2.21. The van der Waals surface area contributed by atoms with Crippen LogP contribution in [0.3, 0.4) is 0 Å². The summed E-state index contributed by atoms with van der Waals surface area (Å²) in [4.78, 5) is 28.9. The Morgan fingerprint density at radius 3 is 2.62 bits per heavy atom. The number of hydrogen-bond donors (Lipinski definition) is 3. The molecule has 216 valence electrons. The Kier molecular flexibility index (Phi) is 9.31. The molecule has 8 nitrogen and oxygen atoms in total. The number of carbonyl (C=O) groups excluding carboxylic acids is 1. The average Bonchev–Trinajstić information content (AvgIpc) is 3.50. The molecule has 3 aromatic carbocycles. The first-order chi connectivity index (χ1) is 20.3. The lowest BCUT2D eigenvalue weighted by molar-refractivity contribution is -0.115. The minimum Gasteiger partial charge on any atom is -0.478 e. The number of pyridine rings is 1. The predicted molar refractivity (Wildman–Crippen MR) is 159 cm³/mol. The van der Waals surface area contributed by atoms with E-state index in [0.717, 1.165) is 24.0 Å². The van der Waals surface area contributed by atoms with Crippen LogP contribution in [0.5, 0.6) is 5.88 Å².